The van der Waals surface area contributed by atoms with Crippen molar-refractivity contribution in [2.24, 2.45) is 0 Å². The van der Waals surface area contributed by atoms with Crippen molar-refractivity contribution in [2.75, 3.05) is 5.32 Å². The first kappa shape index (κ1) is 16.1. The van der Waals surface area contributed by atoms with E-state index in [0.29, 0.717) is 4.88 Å². The van der Waals surface area contributed by atoms with Gasteiger partial charge in [0.15, 0.2) is 0 Å². The van der Waals surface area contributed by atoms with Crippen LogP contribution >= 0.6 is 27.3 Å². The van der Waals surface area contributed by atoms with Gasteiger partial charge < -0.3 is 5.32 Å². The van der Waals surface area contributed by atoms with Crippen molar-refractivity contribution in [3.8, 4) is 0 Å². The molecule has 0 fully saturated rings. The fraction of sp³-hybridized carbons (Fsp3) is 0.0833. The van der Waals surface area contributed by atoms with E-state index in [1.54, 1.807) is 6.07 Å². The molecule has 0 saturated heterocycles. The van der Waals surface area contributed by atoms with Crippen LogP contribution in [0.15, 0.2) is 45.1 Å². The highest BCUT2D eigenvalue weighted by Gasteiger charge is 2.29. The lowest BCUT2D eigenvalue weighted by molar-refractivity contribution is 0.103. The van der Waals surface area contributed by atoms with Gasteiger partial charge in [0.25, 0.3) is 5.91 Å². The van der Waals surface area contributed by atoms with E-state index in [1.165, 1.54) is 24.3 Å². The quantitative estimate of drug-likeness (QED) is 0.856. The summed E-state index contributed by atoms with van der Waals surface area (Å²) in [6, 6.07) is 8.24. The van der Waals surface area contributed by atoms with Crippen LogP contribution in [0.1, 0.15) is 9.67 Å². The van der Waals surface area contributed by atoms with E-state index in [9.17, 15) is 22.0 Å². The van der Waals surface area contributed by atoms with Gasteiger partial charge in [-0.3, -0.25) is 4.79 Å². The maximum atomic E-state index is 12.6. The number of carbonyl (C=O) groups excluding carboxylic acids is 1. The largest absolute Gasteiger partial charge is 0.341 e. The number of carbonyl (C=O) groups is 1. The summed E-state index contributed by atoms with van der Waals surface area (Å²) in [6.07, 6.45) is 0. The van der Waals surface area contributed by atoms with Gasteiger partial charge in [-0.05, 0) is 40.2 Å². The van der Waals surface area contributed by atoms with Crippen molar-refractivity contribution < 1.29 is 22.0 Å². The molecule has 0 aliphatic heterocycles. The van der Waals surface area contributed by atoms with Crippen LogP contribution in [0.3, 0.4) is 0 Å². The Morgan fingerprint density at radius 2 is 1.86 bits per heavy atom. The van der Waals surface area contributed by atoms with Crippen LogP contribution in [0.2, 0.25) is 0 Å². The number of hydrogen-bond acceptors (Lipinski definition) is 4. The van der Waals surface area contributed by atoms with E-state index in [-0.39, 0.29) is 5.69 Å². The molecule has 0 aliphatic carbocycles. The highest BCUT2D eigenvalue weighted by molar-refractivity contribution is 9.11. The molecule has 0 saturated carbocycles. The Labute approximate surface area is 131 Å². The van der Waals surface area contributed by atoms with Crippen LogP contribution in [0.5, 0.6) is 0 Å². The van der Waals surface area contributed by atoms with Crippen molar-refractivity contribution >= 4 is 48.7 Å². The smallest absolute Gasteiger partial charge is 0.320 e. The van der Waals surface area contributed by atoms with Gasteiger partial charge in [-0.2, -0.15) is 8.78 Å². The average molecular weight is 396 g/mol. The van der Waals surface area contributed by atoms with Crippen LogP contribution in [0, 0.1) is 0 Å². The van der Waals surface area contributed by atoms with Gasteiger partial charge in [0.05, 0.1) is 19.2 Å². The Kier molecular flexibility index (Phi) is 4.74. The van der Waals surface area contributed by atoms with Gasteiger partial charge >= 0.3 is 5.76 Å². The zero-order valence-electron chi connectivity index (χ0n) is 10.2. The van der Waals surface area contributed by atoms with Gasteiger partial charge in [0.2, 0.25) is 9.84 Å². The van der Waals surface area contributed by atoms with E-state index in [2.05, 4.69) is 21.2 Å². The number of alkyl halides is 2. The SMILES string of the molecule is O=C(Nc1ccccc1S(=O)(=O)C(F)F)c1ccc(Br)s1. The highest BCUT2D eigenvalue weighted by Crippen LogP contribution is 2.28. The topological polar surface area (TPSA) is 63.2 Å². The first-order valence-electron chi connectivity index (χ1n) is 5.50. The minimum atomic E-state index is -4.78. The summed E-state index contributed by atoms with van der Waals surface area (Å²) in [4.78, 5) is 11.7. The summed E-state index contributed by atoms with van der Waals surface area (Å²) in [5.41, 5.74) is -0.174. The zero-order chi connectivity index (χ0) is 15.6. The van der Waals surface area contributed by atoms with E-state index in [4.69, 9.17) is 0 Å². The number of hydrogen-bond donors (Lipinski definition) is 1. The molecule has 112 valence electrons. The molecule has 0 unspecified atom stereocenters. The Balaban J connectivity index is 2.36. The fourth-order valence-corrected chi connectivity index (χ4v) is 3.70. The Morgan fingerprint density at radius 1 is 1.19 bits per heavy atom. The fourth-order valence-electron chi connectivity index (χ4n) is 1.53. The summed E-state index contributed by atoms with van der Waals surface area (Å²) in [5, 5.41) is 2.34. The first-order chi connectivity index (χ1) is 9.82. The van der Waals surface area contributed by atoms with Crippen molar-refractivity contribution in [1.82, 2.24) is 0 Å². The summed E-state index contributed by atoms with van der Waals surface area (Å²) >= 11 is 4.34. The zero-order valence-corrected chi connectivity index (χ0v) is 13.4. The molecule has 0 aliphatic rings. The van der Waals surface area contributed by atoms with Crippen LogP contribution in [0.4, 0.5) is 14.5 Å². The van der Waals surface area contributed by atoms with Crippen LogP contribution in [-0.4, -0.2) is 20.1 Å². The molecule has 1 N–H and O–H groups in total. The first-order valence-corrected chi connectivity index (χ1v) is 8.65. The normalized spacial score (nSPS) is 11.6. The number of thiophene rings is 1. The van der Waals surface area contributed by atoms with Gasteiger partial charge in [-0.1, -0.05) is 12.1 Å². The van der Waals surface area contributed by atoms with Crippen LogP contribution in [-0.2, 0) is 9.84 Å². The van der Waals surface area contributed by atoms with Gasteiger partial charge in [-0.25, -0.2) is 8.42 Å². The Hall–Kier alpha value is -1.32. The molecule has 9 heteroatoms. The summed E-state index contributed by atoms with van der Waals surface area (Å²) in [5.74, 6) is -4.12. The third-order valence-electron chi connectivity index (χ3n) is 2.47. The molecular formula is C12H8BrF2NO3S2. The third kappa shape index (κ3) is 3.47. The standard InChI is InChI=1S/C12H8BrF2NO3S2/c13-10-6-5-8(20-10)11(17)16-7-3-1-2-4-9(7)21(18,19)12(14)15/h1-6,12H,(H,16,17). The Morgan fingerprint density at radius 3 is 2.43 bits per heavy atom. The monoisotopic (exact) mass is 395 g/mol. The molecule has 1 aromatic heterocycles. The van der Waals surface area contributed by atoms with E-state index >= 15 is 0 Å². The molecule has 2 rings (SSSR count). The lowest BCUT2D eigenvalue weighted by atomic mass is 10.3. The molecule has 0 spiro atoms. The van der Waals surface area contributed by atoms with Crippen molar-refractivity contribution in [3.05, 3.63) is 45.1 Å². The molecule has 1 amide bonds. The lowest BCUT2D eigenvalue weighted by Gasteiger charge is -2.10. The predicted octanol–water partition coefficient (Wildman–Crippen LogP) is 3.76. The number of amides is 1. The highest BCUT2D eigenvalue weighted by atomic mass is 79.9. The van der Waals surface area contributed by atoms with E-state index in [0.717, 1.165) is 21.2 Å². The maximum Gasteiger partial charge on any atom is 0.341 e. The maximum absolute atomic E-state index is 12.6. The average Bonchev–Trinajstić information content (AvgIpc) is 2.86. The van der Waals surface area contributed by atoms with Gasteiger partial charge in [-0.15, -0.1) is 11.3 Å². The number of rotatable bonds is 4. The van der Waals surface area contributed by atoms with Gasteiger partial charge in [0, 0.05) is 0 Å². The van der Waals surface area contributed by atoms with Crippen molar-refractivity contribution in [1.29, 1.82) is 0 Å². The second kappa shape index (κ2) is 6.20. The van der Waals surface area contributed by atoms with Crippen molar-refractivity contribution in [3.63, 3.8) is 0 Å². The molecule has 1 heterocycles. The number of anilines is 1. The number of benzene rings is 1. The third-order valence-corrected chi connectivity index (χ3v) is 5.53. The lowest BCUT2D eigenvalue weighted by Crippen LogP contribution is -2.17. The summed E-state index contributed by atoms with van der Waals surface area (Å²) in [7, 11) is -4.78. The minimum Gasteiger partial charge on any atom is -0.320 e. The molecule has 0 bridgehead atoms. The number of halogens is 3. The molecule has 0 radical (unpaired) electrons. The Bertz CT molecular complexity index is 774. The number of sulfone groups is 1. The predicted molar refractivity (Wildman–Crippen MR) is 79.6 cm³/mol. The minimum absolute atomic E-state index is 0.174. The molecule has 2 aromatic rings. The molecular weight excluding hydrogens is 388 g/mol. The van der Waals surface area contributed by atoms with Crippen molar-refractivity contribution in [2.45, 2.75) is 10.7 Å². The summed E-state index contributed by atoms with van der Waals surface area (Å²) in [6.45, 7) is 0. The number of para-hydroxylation sites is 1. The second-order valence-corrected chi connectivity index (χ2v) is 8.21. The van der Waals surface area contributed by atoms with Crippen LogP contribution in [0.25, 0.3) is 0 Å². The van der Waals surface area contributed by atoms with Crippen LogP contribution < -0.4 is 5.32 Å². The summed E-state index contributed by atoms with van der Waals surface area (Å²) < 4.78 is 49.1. The molecule has 4 nitrogen and oxygen atoms in total. The van der Waals surface area contributed by atoms with Gasteiger partial charge in [0.1, 0.15) is 0 Å². The molecule has 21 heavy (non-hydrogen) atoms. The molecule has 0 atom stereocenters. The molecule has 1 aromatic carbocycles. The number of nitrogens with one attached hydrogen (secondary N) is 1. The van der Waals surface area contributed by atoms with E-state index < -0.39 is 26.4 Å². The van der Waals surface area contributed by atoms with E-state index in [1.807, 2.05) is 0 Å². The second-order valence-electron chi connectivity index (χ2n) is 3.86.